The van der Waals surface area contributed by atoms with Crippen molar-refractivity contribution in [2.45, 2.75) is 12.5 Å². The number of carbonyl (C=O) groups is 2. The summed E-state index contributed by atoms with van der Waals surface area (Å²) in [5.74, 6) is -0.251. The Bertz CT molecular complexity index is 362. The van der Waals surface area contributed by atoms with Gasteiger partial charge in [-0.1, -0.05) is 30.3 Å². The highest BCUT2D eigenvalue weighted by Gasteiger charge is 2.28. The van der Waals surface area contributed by atoms with Crippen LogP contribution in [0.1, 0.15) is 5.56 Å². The van der Waals surface area contributed by atoms with Gasteiger partial charge in [0.05, 0.1) is 0 Å². The van der Waals surface area contributed by atoms with Crippen molar-refractivity contribution in [3.05, 3.63) is 35.9 Å². The zero-order valence-corrected chi connectivity index (χ0v) is 7.49. The highest BCUT2D eigenvalue weighted by atomic mass is 16.2. The van der Waals surface area contributed by atoms with Crippen molar-refractivity contribution in [2.75, 3.05) is 0 Å². The first-order chi connectivity index (χ1) is 6.75. The second kappa shape index (κ2) is 3.49. The van der Waals surface area contributed by atoms with E-state index in [0.29, 0.717) is 6.42 Å². The van der Waals surface area contributed by atoms with Crippen LogP contribution in [0.25, 0.3) is 0 Å². The molecule has 4 heteroatoms. The Labute approximate surface area is 81.3 Å². The minimum absolute atomic E-state index is 0.251. The van der Waals surface area contributed by atoms with Gasteiger partial charge in [0, 0.05) is 6.42 Å². The summed E-state index contributed by atoms with van der Waals surface area (Å²) in [6.45, 7) is 0. The fraction of sp³-hybridized carbons (Fsp3) is 0.200. The van der Waals surface area contributed by atoms with Gasteiger partial charge in [-0.3, -0.25) is 10.1 Å². The quantitative estimate of drug-likeness (QED) is 0.665. The fourth-order valence-corrected chi connectivity index (χ4v) is 1.45. The maximum Gasteiger partial charge on any atom is 0.322 e. The van der Waals surface area contributed by atoms with Gasteiger partial charge in [0.1, 0.15) is 6.04 Å². The summed E-state index contributed by atoms with van der Waals surface area (Å²) in [5, 5.41) is 4.75. The number of hydrogen-bond donors (Lipinski definition) is 2. The zero-order valence-electron chi connectivity index (χ0n) is 7.49. The molecule has 0 saturated carbocycles. The lowest BCUT2D eigenvalue weighted by molar-refractivity contribution is -0.120. The molecule has 3 amide bonds. The van der Waals surface area contributed by atoms with E-state index >= 15 is 0 Å². The van der Waals surface area contributed by atoms with Crippen molar-refractivity contribution in [2.24, 2.45) is 0 Å². The second-order valence-corrected chi connectivity index (χ2v) is 3.21. The van der Waals surface area contributed by atoms with E-state index in [0.717, 1.165) is 5.56 Å². The van der Waals surface area contributed by atoms with Gasteiger partial charge in [0.2, 0.25) is 0 Å². The van der Waals surface area contributed by atoms with E-state index in [9.17, 15) is 9.59 Å². The summed E-state index contributed by atoms with van der Waals surface area (Å²) in [5.41, 5.74) is 1.04. The van der Waals surface area contributed by atoms with Crippen LogP contribution in [0.5, 0.6) is 0 Å². The minimum Gasteiger partial charge on any atom is -0.326 e. The van der Waals surface area contributed by atoms with Crippen molar-refractivity contribution >= 4 is 11.9 Å². The standard InChI is InChI=1S/C10H10N2O2/c13-9-8(11-10(14)12-9)6-7-4-2-1-3-5-7/h1-5,8H,6H2,(H2,11,12,13,14)/t8-/m0/s1. The van der Waals surface area contributed by atoms with Gasteiger partial charge in [-0.05, 0) is 5.56 Å². The van der Waals surface area contributed by atoms with Gasteiger partial charge in [0.15, 0.2) is 0 Å². The number of nitrogens with one attached hydrogen (secondary N) is 2. The number of benzene rings is 1. The Kier molecular flexibility index (Phi) is 2.18. The first kappa shape index (κ1) is 8.74. The topological polar surface area (TPSA) is 58.2 Å². The van der Waals surface area contributed by atoms with Crippen molar-refractivity contribution in [1.82, 2.24) is 10.6 Å². The Hall–Kier alpha value is -1.84. The maximum atomic E-state index is 11.2. The summed E-state index contributed by atoms with van der Waals surface area (Å²) in [6, 6.07) is 8.75. The lowest BCUT2D eigenvalue weighted by atomic mass is 10.1. The SMILES string of the molecule is O=C1NC(=O)[C@H](Cc2ccccc2)N1. The van der Waals surface area contributed by atoms with Crippen LogP contribution in [-0.4, -0.2) is 18.0 Å². The Morgan fingerprint density at radius 3 is 2.43 bits per heavy atom. The molecule has 0 aromatic heterocycles. The van der Waals surface area contributed by atoms with Crippen molar-refractivity contribution < 1.29 is 9.59 Å². The molecule has 4 nitrogen and oxygen atoms in total. The normalized spacial score (nSPS) is 20.4. The van der Waals surface area contributed by atoms with Gasteiger partial charge in [-0.2, -0.15) is 0 Å². The van der Waals surface area contributed by atoms with E-state index in [4.69, 9.17) is 0 Å². The van der Waals surface area contributed by atoms with Gasteiger partial charge in [-0.15, -0.1) is 0 Å². The zero-order chi connectivity index (χ0) is 9.97. The smallest absolute Gasteiger partial charge is 0.322 e. The molecule has 1 saturated heterocycles. The molecule has 0 spiro atoms. The number of imide groups is 1. The summed E-state index contributed by atoms with van der Waals surface area (Å²) < 4.78 is 0. The lowest BCUT2D eigenvalue weighted by Gasteiger charge is -2.06. The molecule has 0 aliphatic carbocycles. The van der Waals surface area contributed by atoms with E-state index in [-0.39, 0.29) is 5.91 Å². The molecule has 1 aromatic rings. The van der Waals surface area contributed by atoms with E-state index in [1.165, 1.54) is 0 Å². The van der Waals surface area contributed by atoms with Gasteiger partial charge >= 0.3 is 6.03 Å². The number of urea groups is 1. The number of amides is 3. The number of hydrogen-bond acceptors (Lipinski definition) is 2. The fourth-order valence-electron chi connectivity index (χ4n) is 1.45. The molecule has 1 aliphatic rings. The first-order valence-electron chi connectivity index (χ1n) is 4.41. The molecule has 1 fully saturated rings. The molecule has 0 radical (unpaired) electrons. The number of rotatable bonds is 2. The van der Waals surface area contributed by atoms with Crippen LogP contribution in [-0.2, 0) is 11.2 Å². The highest BCUT2D eigenvalue weighted by molar-refractivity contribution is 6.04. The van der Waals surface area contributed by atoms with E-state index in [2.05, 4.69) is 10.6 Å². The van der Waals surface area contributed by atoms with Crippen LogP contribution < -0.4 is 10.6 Å². The molecule has 1 heterocycles. The molecule has 1 aromatic carbocycles. The Balaban J connectivity index is 2.05. The molecule has 72 valence electrons. The summed E-state index contributed by atoms with van der Waals surface area (Å²) in [6.07, 6.45) is 0.540. The third-order valence-electron chi connectivity index (χ3n) is 2.14. The summed E-state index contributed by atoms with van der Waals surface area (Å²) >= 11 is 0. The van der Waals surface area contributed by atoms with E-state index in [1.807, 2.05) is 30.3 Å². The molecule has 2 rings (SSSR count). The van der Waals surface area contributed by atoms with Crippen molar-refractivity contribution in [1.29, 1.82) is 0 Å². The molecule has 1 aliphatic heterocycles. The lowest BCUT2D eigenvalue weighted by Crippen LogP contribution is -2.30. The molecule has 1 atom stereocenters. The average Bonchev–Trinajstić information content (AvgIpc) is 2.47. The first-order valence-corrected chi connectivity index (χ1v) is 4.41. The molecular weight excluding hydrogens is 180 g/mol. The van der Waals surface area contributed by atoms with Crippen LogP contribution in [0.15, 0.2) is 30.3 Å². The summed E-state index contributed by atoms with van der Waals surface area (Å²) in [7, 11) is 0. The highest BCUT2D eigenvalue weighted by Crippen LogP contribution is 2.05. The van der Waals surface area contributed by atoms with Gasteiger partial charge in [-0.25, -0.2) is 4.79 Å². The predicted octanol–water partition coefficient (Wildman–Crippen LogP) is 0.437. The molecule has 14 heavy (non-hydrogen) atoms. The van der Waals surface area contributed by atoms with Crippen LogP contribution in [0, 0.1) is 0 Å². The van der Waals surface area contributed by atoms with Gasteiger partial charge < -0.3 is 5.32 Å². The second-order valence-electron chi connectivity index (χ2n) is 3.21. The Morgan fingerprint density at radius 1 is 1.14 bits per heavy atom. The Morgan fingerprint density at radius 2 is 1.86 bits per heavy atom. The molecular formula is C10H10N2O2. The average molecular weight is 190 g/mol. The largest absolute Gasteiger partial charge is 0.326 e. The predicted molar refractivity (Wildman–Crippen MR) is 50.6 cm³/mol. The van der Waals surface area contributed by atoms with E-state index in [1.54, 1.807) is 0 Å². The third-order valence-corrected chi connectivity index (χ3v) is 2.14. The van der Waals surface area contributed by atoms with Crippen molar-refractivity contribution in [3.63, 3.8) is 0 Å². The number of carbonyl (C=O) groups excluding carboxylic acids is 2. The molecule has 0 unspecified atom stereocenters. The van der Waals surface area contributed by atoms with Crippen molar-refractivity contribution in [3.8, 4) is 0 Å². The monoisotopic (exact) mass is 190 g/mol. The van der Waals surface area contributed by atoms with Crippen LogP contribution in [0.2, 0.25) is 0 Å². The molecule has 2 N–H and O–H groups in total. The third kappa shape index (κ3) is 1.74. The van der Waals surface area contributed by atoms with E-state index < -0.39 is 12.1 Å². The molecule has 0 bridgehead atoms. The van der Waals surface area contributed by atoms with Gasteiger partial charge in [0.25, 0.3) is 5.91 Å². The minimum atomic E-state index is -0.426. The van der Waals surface area contributed by atoms with Crippen LogP contribution in [0.3, 0.4) is 0 Å². The summed E-state index contributed by atoms with van der Waals surface area (Å²) in [4.78, 5) is 22.0. The van der Waals surface area contributed by atoms with Crippen LogP contribution in [0.4, 0.5) is 4.79 Å². The maximum absolute atomic E-state index is 11.2. The van der Waals surface area contributed by atoms with Crippen LogP contribution >= 0.6 is 0 Å².